The third-order valence-electron chi connectivity index (χ3n) is 4.98. The van der Waals surface area contributed by atoms with E-state index in [1.165, 1.54) is 6.20 Å². The summed E-state index contributed by atoms with van der Waals surface area (Å²) in [6, 6.07) is 7.58. The van der Waals surface area contributed by atoms with Crippen molar-refractivity contribution in [2.24, 2.45) is 5.92 Å². The number of aromatic nitrogens is 3. The van der Waals surface area contributed by atoms with Crippen LogP contribution in [0.4, 0.5) is 5.69 Å². The summed E-state index contributed by atoms with van der Waals surface area (Å²) in [4.78, 5) is 24.2. The second-order valence-electron chi connectivity index (χ2n) is 6.82. The van der Waals surface area contributed by atoms with E-state index in [9.17, 15) is 4.79 Å². The molecule has 1 aliphatic rings. The molecule has 0 saturated carbocycles. The molecule has 1 aliphatic heterocycles. The number of aromatic amines is 1. The molecule has 0 radical (unpaired) electrons. The lowest BCUT2D eigenvalue weighted by molar-refractivity contribution is -0.118. The Labute approximate surface area is 156 Å². The largest absolute Gasteiger partial charge is 0.339 e. The molecule has 4 rings (SSSR count). The van der Waals surface area contributed by atoms with Crippen LogP contribution in [-0.4, -0.2) is 32.9 Å². The fourth-order valence-corrected chi connectivity index (χ4v) is 3.18. The van der Waals surface area contributed by atoms with Gasteiger partial charge in [0.05, 0.1) is 17.4 Å². The summed E-state index contributed by atoms with van der Waals surface area (Å²) in [7, 11) is 0. The van der Waals surface area contributed by atoms with Crippen molar-refractivity contribution >= 4 is 22.6 Å². The molecule has 3 unspecified atom stereocenters. The number of carbonyl (C=O) groups is 1. The first-order chi connectivity index (χ1) is 13.0. The van der Waals surface area contributed by atoms with Gasteiger partial charge in [-0.1, -0.05) is 6.92 Å². The van der Waals surface area contributed by atoms with Crippen molar-refractivity contribution < 1.29 is 4.79 Å². The molecule has 3 aromatic rings. The van der Waals surface area contributed by atoms with Gasteiger partial charge in [0.15, 0.2) is 0 Å². The van der Waals surface area contributed by atoms with Gasteiger partial charge in [-0.3, -0.25) is 15.2 Å². The first-order valence-corrected chi connectivity index (χ1v) is 8.71. The zero-order valence-corrected chi connectivity index (χ0v) is 14.9. The van der Waals surface area contributed by atoms with Gasteiger partial charge in [0.1, 0.15) is 17.8 Å². The van der Waals surface area contributed by atoms with Crippen LogP contribution in [-0.2, 0) is 4.79 Å². The van der Waals surface area contributed by atoms with Gasteiger partial charge in [-0.25, -0.2) is 10.4 Å². The lowest BCUT2D eigenvalue weighted by Crippen LogP contribution is -2.41. The first-order valence-electron chi connectivity index (χ1n) is 8.71. The van der Waals surface area contributed by atoms with E-state index in [-0.39, 0.29) is 23.9 Å². The Hall–Kier alpha value is -3.28. The molecule has 8 heteroatoms. The van der Waals surface area contributed by atoms with Gasteiger partial charge in [-0.15, -0.1) is 0 Å². The molecular formula is C19H19N7O. The summed E-state index contributed by atoms with van der Waals surface area (Å²) in [6.07, 6.45) is 4.84. The number of anilines is 1. The number of rotatable bonds is 3. The monoisotopic (exact) mass is 361 g/mol. The van der Waals surface area contributed by atoms with E-state index in [4.69, 9.17) is 5.26 Å². The van der Waals surface area contributed by atoms with Gasteiger partial charge >= 0.3 is 0 Å². The Balaban J connectivity index is 1.58. The molecule has 1 amide bonds. The van der Waals surface area contributed by atoms with Crippen LogP contribution in [0.5, 0.6) is 0 Å². The molecule has 4 heterocycles. The summed E-state index contributed by atoms with van der Waals surface area (Å²) in [5.74, 6) is 0.0858. The molecule has 0 aliphatic carbocycles. The highest BCUT2D eigenvalue weighted by molar-refractivity contribution is 5.97. The van der Waals surface area contributed by atoms with Crippen LogP contribution in [0.2, 0.25) is 0 Å². The number of H-pyrrole nitrogens is 1. The number of nitriles is 1. The number of fused-ring (bicyclic) bond motifs is 1. The molecule has 1 fully saturated rings. The number of hydrazine groups is 1. The molecule has 3 atom stereocenters. The van der Waals surface area contributed by atoms with Crippen LogP contribution in [0.25, 0.3) is 22.3 Å². The van der Waals surface area contributed by atoms with Gasteiger partial charge in [-0.2, -0.15) is 5.26 Å². The van der Waals surface area contributed by atoms with E-state index in [2.05, 4.69) is 37.2 Å². The van der Waals surface area contributed by atoms with Gasteiger partial charge in [0.2, 0.25) is 5.91 Å². The second-order valence-corrected chi connectivity index (χ2v) is 6.82. The van der Waals surface area contributed by atoms with Crippen LogP contribution in [0.3, 0.4) is 0 Å². The SMILES string of the molecule is CC1NNC(C(=O)Nc2cnc3[nH]c(-c4cncc(C#N)c4)cc3c2)C1C. The number of hydrogen-bond acceptors (Lipinski definition) is 6. The maximum absolute atomic E-state index is 12.5. The summed E-state index contributed by atoms with van der Waals surface area (Å²) < 4.78 is 0. The quantitative estimate of drug-likeness (QED) is 0.566. The maximum Gasteiger partial charge on any atom is 0.243 e. The van der Waals surface area contributed by atoms with E-state index in [1.54, 1.807) is 18.5 Å². The van der Waals surface area contributed by atoms with E-state index in [0.717, 1.165) is 16.6 Å². The number of amides is 1. The lowest BCUT2D eigenvalue weighted by Gasteiger charge is -2.15. The highest BCUT2D eigenvalue weighted by Crippen LogP contribution is 2.25. The van der Waals surface area contributed by atoms with Crippen molar-refractivity contribution in [3.05, 3.63) is 42.4 Å². The molecule has 0 spiro atoms. The highest BCUT2D eigenvalue weighted by atomic mass is 16.2. The fourth-order valence-electron chi connectivity index (χ4n) is 3.18. The molecule has 0 aromatic carbocycles. The standard InChI is InChI=1S/C19H19N7O/c1-10-11(2)25-26-17(10)19(27)23-15-4-13-5-16(24-18(13)22-9-15)14-3-12(6-20)7-21-8-14/h3-5,7-11,17,25-26H,1-2H3,(H,22,24)(H,23,27). The van der Waals surface area contributed by atoms with E-state index >= 15 is 0 Å². The van der Waals surface area contributed by atoms with Crippen LogP contribution in [0.15, 0.2) is 36.8 Å². The number of carbonyl (C=O) groups excluding carboxylic acids is 1. The molecular weight excluding hydrogens is 342 g/mol. The Bertz CT molecular complexity index is 1050. The summed E-state index contributed by atoms with van der Waals surface area (Å²) in [5.41, 5.74) is 9.57. The van der Waals surface area contributed by atoms with Crippen LogP contribution in [0.1, 0.15) is 19.4 Å². The first kappa shape index (κ1) is 17.1. The van der Waals surface area contributed by atoms with Crippen molar-refractivity contribution in [1.29, 1.82) is 5.26 Å². The molecule has 0 bridgehead atoms. The van der Waals surface area contributed by atoms with Crippen molar-refractivity contribution in [3.8, 4) is 17.3 Å². The van der Waals surface area contributed by atoms with Crippen LogP contribution < -0.4 is 16.2 Å². The van der Waals surface area contributed by atoms with Gasteiger partial charge < -0.3 is 10.3 Å². The number of nitrogens with one attached hydrogen (secondary N) is 4. The number of hydrogen-bond donors (Lipinski definition) is 4. The van der Waals surface area contributed by atoms with Crippen LogP contribution >= 0.6 is 0 Å². The molecule has 136 valence electrons. The zero-order chi connectivity index (χ0) is 19.0. The molecule has 27 heavy (non-hydrogen) atoms. The minimum Gasteiger partial charge on any atom is -0.339 e. The van der Waals surface area contributed by atoms with Crippen molar-refractivity contribution in [2.75, 3.05) is 5.32 Å². The average Bonchev–Trinajstić information content (AvgIpc) is 3.25. The average molecular weight is 361 g/mol. The number of nitrogens with zero attached hydrogens (tertiary/aromatic N) is 3. The fraction of sp³-hybridized carbons (Fsp3) is 0.263. The summed E-state index contributed by atoms with van der Waals surface area (Å²) in [5, 5.41) is 12.8. The topological polar surface area (TPSA) is 119 Å². The summed E-state index contributed by atoms with van der Waals surface area (Å²) in [6.45, 7) is 4.07. The number of pyridine rings is 2. The third-order valence-corrected chi connectivity index (χ3v) is 4.98. The smallest absolute Gasteiger partial charge is 0.243 e. The highest BCUT2D eigenvalue weighted by Gasteiger charge is 2.34. The van der Waals surface area contributed by atoms with E-state index in [1.807, 2.05) is 26.0 Å². The van der Waals surface area contributed by atoms with Gasteiger partial charge in [-0.05, 0) is 31.0 Å². The van der Waals surface area contributed by atoms with E-state index < -0.39 is 0 Å². The Morgan fingerprint density at radius 3 is 2.78 bits per heavy atom. The van der Waals surface area contributed by atoms with Gasteiger partial charge in [0.25, 0.3) is 0 Å². The second kappa shape index (κ2) is 6.79. The molecule has 1 saturated heterocycles. The third kappa shape index (κ3) is 3.26. The minimum absolute atomic E-state index is 0.0952. The molecule has 4 N–H and O–H groups in total. The predicted octanol–water partition coefficient (Wildman–Crippen LogP) is 1.94. The van der Waals surface area contributed by atoms with Crippen molar-refractivity contribution in [2.45, 2.75) is 25.9 Å². The summed E-state index contributed by atoms with van der Waals surface area (Å²) >= 11 is 0. The Morgan fingerprint density at radius 2 is 2.04 bits per heavy atom. The maximum atomic E-state index is 12.5. The van der Waals surface area contributed by atoms with Gasteiger partial charge in [0, 0.05) is 35.1 Å². The predicted molar refractivity (Wildman–Crippen MR) is 101 cm³/mol. The Morgan fingerprint density at radius 1 is 1.19 bits per heavy atom. The van der Waals surface area contributed by atoms with Crippen molar-refractivity contribution in [1.82, 2.24) is 25.8 Å². The normalized spacial score (nSPS) is 21.9. The van der Waals surface area contributed by atoms with E-state index in [0.29, 0.717) is 16.9 Å². The minimum atomic E-state index is -0.294. The van der Waals surface area contributed by atoms with Crippen molar-refractivity contribution in [3.63, 3.8) is 0 Å². The molecule has 3 aromatic heterocycles. The zero-order valence-electron chi connectivity index (χ0n) is 14.9. The van der Waals surface area contributed by atoms with Crippen LogP contribution in [0, 0.1) is 17.2 Å². The molecule has 8 nitrogen and oxygen atoms in total. The Kier molecular flexibility index (Phi) is 4.32. The lowest BCUT2D eigenvalue weighted by atomic mass is 9.97.